The van der Waals surface area contributed by atoms with E-state index < -0.39 is 24.2 Å². The molecule has 0 bridgehead atoms. The van der Waals surface area contributed by atoms with E-state index in [2.05, 4.69) is 9.72 Å². The quantitative estimate of drug-likeness (QED) is 0.730. The molecule has 0 saturated heterocycles. The molecule has 1 rings (SSSR count). The third-order valence-corrected chi connectivity index (χ3v) is 1.58. The van der Waals surface area contributed by atoms with Crippen LogP contribution in [0.2, 0.25) is 0 Å². The fourth-order valence-corrected chi connectivity index (χ4v) is 0.988. The summed E-state index contributed by atoms with van der Waals surface area (Å²) in [4.78, 5) is 13.5. The van der Waals surface area contributed by atoms with E-state index >= 15 is 0 Å². The van der Waals surface area contributed by atoms with Crippen LogP contribution in [-0.2, 0) is 11.0 Å². The number of halogens is 3. The maximum absolute atomic E-state index is 12.4. The van der Waals surface area contributed by atoms with Crippen molar-refractivity contribution in [3.63, 3.8) is 0 Å². The summed E-state index contributed by atoms with van der Waals surface area (Å²) in [5.41, 5.74) is -0.592. The Balaban J connectivity index is 3.09. The van der Waals surface area contributed by atoms with Gasteiger partial charge in [0.25, 0.3) is 0 Å². The molecule has 0 aliphatic heterocycles. The first-order valence-corrected chi connectivity index (χ1v) is 4.05. The van der Waals surface area contributed by atoms with Crippen LogP contribution in [0.3, 0.4) is 0 Å². The highest BCUT2D eigenvalue weighted by molar-refractivity contribution is 5.51. The van der Waals surface area contributed by atoms with Crippen LogP contribution in [0.5, 0.6) is 5.88 Å². The van der Waals surface area contributed by atoms with Crippen molar-refractivity contribution in [1.29, 1.82) is 0 Å². The molecule has 0 aliphatic rings. The number of hydrogen-bond donors (Lipinski definition) is 0. The third kappa shape index (κ3) is 2.93. The summed E-state index contributed by atoms with van der Waals surface area (Å²) in [6, 6.07) is 0.924. The molecule has 1 aromatic heterocycles. The number of alkyl halides is 3. The molecule has 6 heteroatoms. The molecule has 0 aliphatic carbocycles. The van der Waals surface area contributed by atoms with Gasteiger partial charge in [-0.2, -0.15) is 13.2 Å². The molecule has 0 amide bonds. The highest BCUT2D eigenvalue weighted by atomic mass is 19.4. The highest BCUT2D eigenvalue weighted by Crippen LogP contribution is 2.35. The first-order chi connectivity index (χ1) is 6.95. The van der Waals surface area contributed by atoms with Crippen molar-refractivity contribution in [3.05, 3.63) is 23.4 Å². The van der Waals surface area contributed by atoms with E-state index in [0.717, 1.165) is 6.07 Å². The molecule has 0 atom stereocenters. The van der Waals surface area contributed by atoms with Crippen molar-refractivity contribution < 1.29 is 22.7 Å². The number of hydrogen-bond acceptors (Lipinski definition) is 3. The van der Waals surface area contributed by atoms with Gasteiger partial charge in [-0.15, -0.1) is 0 Å². The van der Waals surface area contributed by atoms with E-state index in [-0.39, 0.29) is 0 Å². The number of nitrogens with zero attached hydrogens (tertiary/aromatic N) is 1. The van der Waals surface area contributed by atoms with Crippen molar-refractivity contribution >= 4 is 6.29 Å². The summed E-state index contributed by atoms with van der Waals surface area (Å²) >= 11 is 0. The average Bonchev–Trinajstić information content (AvgIpc) is 2.14. The van der Waals surface area contributed by atoms with E-state index in [9.17, 15) is 18.0 Å². The highest BCUT2D eigenvalue weighted by Gasteiger charge is 2.35. The standard InChI is InChI=1S/C9H8F3NO2/c1-6-4-7(9(10,11)12)8(13-5-6)15-3-2-14/h2,4-5H,3H2,1H3. The van der Waals surface area contributed by atoms with Gasteiger partial charge < -0.3 is 4.74 Å². The third-order valence-electron chi connectivity index (χ3n) is 1.58. The van der Waals surface area contributed by atoms with Gasteiger partial charge in [0.15, 0.2) is 6.29 Å². The van der Waals surface area contributed by atoms with Gasteiger partial charge >= 0.3 is 6.18 Å². The summed E-state index contributed by atoms with van der Waals surface area (Å²) < 4.78 is 41.9. The normalized spacial score (nSPS) is 11.2. The van der Waals surface area contributed by atoms with Gasteiger partial charge in [0.2, 0.25) is 5.88 Å². The summed E-state index contributed by atoms with van der Waals surface area (Å²) in [5, 5.41) is 0. The molecule has 15 heavy (non-hydrogen) atoms. The summed E-state index contributed by atoms with van der Waals surface area (Å²) in [6.07, 6.45) is -2.92. The summed E-state index contributed by atoms with van der Waals surface area (Å²) in [7, 11) is 0. The maximum atomic E-state index is 12.4. The number of aromatic nitrogens is 1. The van der Waals surface area contributed by atoms with Gasteiger partial charge in [-0.05, 0) is 18.6 Å². The van der Waals surface area contributed by atoms with Gasteiger partial charge in [-0.1, -0.05) is 0 Å². The lowest BCUT2D eigenvalue weighted by atomic mass is 10.2. The van der Waals surface area contributed by atoms with Crippen LogP contribution < -0.4 is 4.74 Å². The lowest BCUT2D eigenvalue weighted by Crippen LogP contribution is -2.11. The van der Waals surface area contributed by atoms with Gasteiger partial charge in [-0.25, -0.2) is 4.98 Å². The van der Waals surface area contributed by atoms with Crippen LogP contribution >= 0.6 is 0 Å². The molecule has 0 aromatic carbocycles. The number of pyridine rings is 1. The predicted molar refractivity (Wildman–Crippen MR) is 45.5 cm³/mol. The van der Waals surface area contributed by atoms with Gasteiger partial charge in [0.1, 0.15) is 12.2 Å². The Morgan fingerprint density at radius 2 is 2.20 bits per heavy atom. The van der Waals surface area contributed by atoms with Crippen molar-refractivity contribution in [3.8, 4) is 5.88 Å². The molecular weight excluding hydrogens is 211 g/mol. The lowest BCUT2D eigenvalue weighted by Gasteiger charge is -2.11. The number of carbonyl (C=O) groups is 1. The largest absolute Gasteiger partial charge is 0.470 e. The topological polar surface area (TPSA) is 39.2 Å². The maximum Gasteiger partial charge on any atom is 0.421 e. The second kappa shape index (κ2) is 4.29. The zero-order chi connectivity index (χ0) is 11.5. The minimum atomic E-state index is -4.53. The molecule has 0 unspecified atom stereocenters. The van der Waals surface area contributed by atoms with E-state index in [1.54, 1.807) is 0 Å². The van der Waals surface area contributed by atoms with Crippen molar-refractivity contribution in [1.82, 2.24) is 4.98 Å². The van der Waals surface area contributed by atoms with Crippen molar-refractivity contribution in [2.45, 2.75) is 13.1 Å². The molecule has 0 N–H and O–H groups in total. The number of aryl methyl sites for hydroxylation is 1. The Kier molecular flexibility index (Phi) is 3.28. The van der Waals surface area contributed by atoms with Gasteiger partial charge in [0, 0.05) is 6.20 Å². The molecule has 1 heterocycles. The molecule has 0 spiro atoms. The van der Waals surface area contributed by atoms with Crippen molar-refractivity contribution in [2.24, 2.45) is 0 Å². The fourth-order valence-electron chi connectivity index (χ4n) is 0.988. The van der Waals surface area contributed by atoms with Crippen LogP contribution in [0.25, 0.3) is 0 Å². The minimum Gasteiger partial charge on any atom is -0.470 e. The van der Waals surface area contributed by atoms with Gasteiger partial charge in [0.05, 0.1) is 0 Å². The number of rotatable bonds is 3. The first-order valence-electron chi connectivity index (χ1n) is 4.05. The lowest BCUT2D eigenvalue weighted by molar-refractivity contribution is -0.139. The fraction of sp³-hybridized carbons (Fsp3) is 0.333. The molecule has 3 nitrogen and oxygen atoms in total. The SMILES string of the molecule is Cc1cnc(OCC=O)c(C(F)(F)F)c1. The zero-order valence-corrected chi connectivity index (χ0v) is 7.84. The van der Waals surface area contributed by atoms with Crippen LogP contribution in [0.4, 0.5) is 13.2 Å². The Morgan fingerprint density at radius 1 is 1.53 bits per heavy atom. The van der Waals surface area contributed by atoms with Crippen LogP contribution in [0.1, 0.15) is 11.1 Å². The summed E-state index contributed by atoms with van der Waals surface area (Å²) in [5.74, 6) is -0.569. The second-order valence-corrected chi connectivity index (χ2v) is 2.84. The molecular formula is C9H8F3NO2. The van der Waals surface area contributed by atoms with E-state index in [4.69, 9.17) is 0 Å². The zero-order valence-electron chi connectivity index (χ0n) is 7.84. The van der Waals surface area contributed by atoms with E-state index in [0.29, 0.717) is 11.8 Å². The Morgan fingerprint density at radius 3 is 2.73 bits per heavy atom. The van der Waals surface area contributed by atoms with E-state index in [1.807, 2.05) is 0 Å². The predicted octanol–water partition coefficient (Wildman–Crippen LogP) is 1.99. The van der Waals surface area contributed by atoms with E-state index in [1.165, 1.54) is 13.1 Å². The second-order valence-electron chi connectivity index (χ2n) is 2.84. The van der Waals surface area contributed by atoms with Crippen LogP contribution in [0, 0.1) is 6.92 Å². The smallest absolute Gasteiger partial charge is 0.421 e. The Bertz CT molecular complexity index is 363. The molecule has 1 aromatic rings. The monoisotopic (exact) mass is 219 g/mol. The van der Waals surface area contributed by atoms with Crippen LogP contribution in [0.15, 0.2) is 12.3 Å². The summed E-state index contributed by atoms with van der Waals surface area (Å²) in [6.45, 7) is 1.05. The first kappa shape index (κ1) is 11.5. The number of ether oxygens (including phenoxy) is 1. The average molecular weight is 219 g/mol. The minimum absolute atomic E-state index is 0.363. The Labute approximate surface area is 83.9 Å². The van der Waals surface area contributed by atoms with Crippen molar-refractivity contribution in [2.75, 3.05) is 6.61 Å². The molecule has 82 valence electrons. The molecule has 0 radical (unpaired) electrons. The number of carbonyl (C=O) groups excluding carboxylic acids is 1. The van der Waals surface area contributed by atoms with Crippen LogP contribution in [-0.4, -0.2) is 17.9 Å². The number of aldehydes is 1. The van der Waals surface area contributed by atoms with Gasteiger partial charge in [-0.3, -0.25) is 4.79 Å². The molecule has 0 saturated carbocycles. The Hall–Kier alpha value is -1.59. The molecule has 0 fully saturated rings.